The number of nitrogens with zero attached hydrogens (tertiary/aromatic N) is 6. The summed E-state index contributed by atoms with van der Waals surface area (Å²) in [5.74, 6) is -0.464. The molecule has 0 aliphatic carbocycles. The van der Waals surface area contributed by atoms with Crippen LogP contribution in [0.2, 0.25) is 0 Å². The van der Waals surface area contributed by atoms with Gasteiger partial charge in [-0.25, -0.2) is 29.9 Å². The molecule has 0 radical (unpaired) electrons. The molecule has 9 aromatic rings. The van der Waals surface area contributed by atoms with Gasteiger partial charge in [0.1, 0.15) is 22.6 Å². The van der Waals surface area contributed by atoms with Crippen LogP contribution in [0.15, 0.2) is 146 Å². The first-order chi connectivity index (χ1) is 46.2. The Hall–Kier alpha value is -8.84. The Labute approximate surface area is 579 Å². The maximum Gasteiger partial charge on any atom is 0.277 e. The van der Waals surface area contributed by atoms with Crippen LogP contribution < -0.4 is 0 Å². The number of benzene rings is 6. The minimum absolute atomic E-state index is 0.111. The van der Waals surface area contributed by atoms with Crippen molar-refractivity contribution in [3.63, 3.8) is 0 Å². The summed E-state index contributed by atoms with van der Waals surface area (Å²) in [7, 11) is 0. The van der Waals surface area contributed by atoms with Crippen molar-refractivity contribution < 1.29 is 18.9 Å². The monoisotopic (exact) mass is 1300 g/mol. The first-order valence-corrected chi connectivity index (χ1v) is 35.4. The van der Waals surface area contributed by atoms with E-state index >= 15 is 0 Å². The van der Waals surface area contributed by atoms with E-state index in [4.69, 9.17) is 48.9 Å². The molecule has 2 atom stereocenters. The van der Waals surface area contributed by atoms with E-state index in [0.717, 1.165) is 92.5 Å². The number of aromatic amines is 2. The van der Waals surface area contributed by atoms with Gasteiger partial charge in [0, 0.05) is 46.2 Å². The van der Waals surface area contributed by atoms with Crippen LogP contribution >= 0.6 is 0 Å². The summed E-state index contributed by atoms with van der Waals surface area (Å²) in [6.07, 6.45) is 4.55. The second-order valence-electron chi connectivity index (χ2n) is 33.8. The van der Waals surface area contributed by atoms with Crippen LogP contribution in [0.25, 0.3) is 89.8 Å². The van der Waals surface area contributed by atoms with Crippen LogP contribution in [0.4, 0.5) is 0 Å². The highest BCUT2D eigenvalue weighted by molar-refractivity contribution is 6.07. The molecule has 0 unspecified atom stereocenters. The molecule has 3 aromatic heterocycles. The summed E-state index contributed by atoms with van der Waals surface area (Å²) in [4.78, 5) is 42.6. The fraction of sp³-hybridized carbons (Fsp3) is 0.395. The maximum absolute atomic E-state index is 7.55. The average molecular weight is 1310 g/mol. The van der Waals surface area contributed by atoms with Crippen LogP contribution in [0.1, 0.15) is 231 Å². The Morgan fingerprint density at radius 1 is 0.276 bits per heavy atom. The molecule has 14 rings (SSSR count). The quantitative estimate of drug-likeness (QED) is 0.165. The second-order valence-corrected chi connectivity index (χ2v) is 33.8. The standard InChI is InChI=1S/C86H96N8O4/c1-79(2,3)57-35-23-51(24-36-57)63-64(52-25-37-58(38-26-52)80(4,5)6)72-87-71(63)88-73-65(53-27-39-59(40-28-53)81(7,8)9)67(55-31-43-61(44-32-55)83(13,14)15)75(90-73)92-77-69-70(98-86(48-20-22-50-96-86)85(97-69)47-19-21-49-95-85)78(94-77)93-76-68(56-33-45-62(46-34-56)84(16,17)18)66(74(89-72)91-76)54-29-41-60(42-30-54)82(10,11)12/h23-46H,19-22,47-50H2,1-18H3,(H2,87,88,89,90,91,92,93,94)/t85-,86-/m1/s1. The molecule has 12 heteroatoms. The van der Waals surface area contributed by atoms with Crippen LogP contribution in [0, 0.1) is 0 Å². The van der Waals surface area contributed by atoms with Gasteiger partial charge in [0.05, 0.1) is 13.2 Å². The molecule has 12 nitrogen and oxygen atoms in total. The van der Waals surface area contributed by atoms with Crippen LogP contribution in [-0.2, 0) is 51.4 Å². The van der Waals surface area contributed by atoms with Gasteiger partial charge in [-0.1, -0.05) is 270 Å². The zero-order valence-electron chi connectivity index (χ0n) is 60.8. The van der Waals surface area contributed by atoms with Gasteiger partial charge in [0.25, 0.3) is 11.6 Å². The van der Waals surface area contributed by atoms with E-state index in [2.05, 4.69) is 280 Å². The molecular weight excluding hydrogens is 1210 g/mol. The van der Waals surface area contributed by atoms with Gasteiger partial charge in [0.2, 0.25) is 23.2 Å². The first-order valence-electron chi connectivity index (χ1n) is 35.4. The number of hydrogen-bond acceptors (Lipinski definition) is 10. The number of fused-ring (bicyclic) bond motifs is 11. The Balaban J connectivity index is 1.19. The van der Waals surface area contributed by atoms with Crippen LogP contribution in [0.3, 0.4) is 0 Å². The minimum atomic E-state index is -1.30. The van der Waals surface area contributed by atoms with Crippen molar-refractivity contribution in [2.75, 3.05) is 13.2 Å². The van der Waals surface area contributed by atoms with Gasteiger partial charge in [-0.2, -0.15) is 0 Å². The third-order valence-corrected chi connectivity index (χ3v) is 20.3. The lowest BCUT2D eigenvalue weighted by Crippen LogP contribution is -2.64. The molecule has 2 saturated heterocycles. The highest BCUT2D eigenvalue weighted by Gasteiger charge is 2.64. The van der Waals surface area contributed by atoms with Gasteiger partial charge in [-0.3, -0.25) is 0 Å². The molecule has 504 valence electrons. The lowest BCUT2D eigenvalue weighted by atomic mass is 9.84. The Morgan fingerprint density at radius 2 is 0.500 bits per heavy atom. The molecule has 0 amide bonds. The van der Waals surface area contributed by atoms with E-state index in [-0.39, 0.29) is 44.1 Å². The predicted molar refractivity (Wildman–Crippen MR) is 398 cm³/mol. The number of nitrogens with one attached hydrogen (secondary N) is 2. The average Bonchev–Trinajstić information content (AvgIpc) is 1.24. The predicted octanol–water partition coefficient (Wildman–Crippen LogP) is 21.0. The lowest BCUT2D eigenvalue weighted by Gasteiger charge is -2.53. The van der Waals surface area contributed by atoms with E-state index in [1.807, 2.05) is 0 Å². The number of rotatable bonds is 6. The topological polar surface area (TPSA) is 146 Å². The summed E-state index contributed by atoms with van der Waals surface area (Å²) in [6, 6.07) is 53.4. The number of H-pyrrole nitrogens is 2. The Kier molecular flexibility index (Phi) is 16.2. The molecule has 2 fully saturated rings. The van der Waals surface area contributed by atoms with Crippen molar-refractivity contribution in [2.24, 2.45) is 0 Å². The summed E-state index contributed by atoms with van der Waals surface area (Å²) in [6.45, 7) is 41.4. The van der Waals surface area contributed by atoms with Gasteiger partial charge in [-0.05, 0) is 125 Å². The zero-order valence-corrected chi connectivity index (χ0v) is 60.8. The molecule has 5 aliphatic heterocycles. The molecule has 8 bridgehead atoms. The second kappa shape index (κ2) is 24.0. The largest absolute Gasteiger partial charge is 0.447 e. The van der Waals surface area contributed by atoms with E-state index in [9.17, 15) is 0 Å². The van der Waals surface area contributed by atoms with E-state index in [1.165, 1.54) is 33.4 Å². The van der Waals surface area contributed by atoms with Crippen LogP contribution in [-0.4, -0.2) is 64.7 Å². The summed E-state index contributed by atoms with van der Waals surface area (Å²) in [5.41, 5.74) is 19.3. The number of ether oxygens (including phenoxy) is 4. The van der Waals surface area contributed by atoms with Gasteiger partial charge >= 0.3 is 0 Å². The van der Waals surface area contributed by atoms with Crippen molar-refractivity contribution in [3.8, 4) is 44.5 Å². The minimum Gasteiger partial charge on any atom is -0.447 e. The normalized spacial score (nSPS) is 18.7. The summed E-state index contributed by atoms with van der Waals surface area (Å²) >= 11 is 0. The van der Waals surface area contributed by atoms with Crippen molar-refractivity contribution >= 4 is 45.3 Å². The zero-order chi connectivity index (χ0) is 69.3. The third-order valence-electron chi connectivity index (χ3n) is 20.3. The molecule has 2 N–H and O–H groups in total. The van der Waals surface area contributed by atoms with Gasteiger partial charge < -0.3 is 28.9 Å². The van der Waals surface area contributed by atoms with E-state index < -0.39 is 11.6 Å². The van der Waals surface area contributed by atoms with Gasteiger partial charge in [-0.15, -0.1) is 0 Å². The molecule has 2 spiro atoms. The first kappa shape index (κ1) is 66.4. The molecule has 98 heavy (non-hydrogen) atoms. The van der Waals surface area contributed by atoms with Gasteiger partial charge in [0.15, 0.2) is 11.6 Å². The van der Waals surface area contributed by atoms with Crippen LogP contribution in [0.5, 0.6) is 0 Å². The fourth-order valence-corrected chi connectivity index (χ4v) is 14.3. The van der Waals surface area contributed by atoms with Crippen molar-refractivity contribution in [1.82, 2.24) is 39.9 Å². The molecule has 8 heterocycles. The summed E-state index contributed by atoms with van der Waals surface area (Å²) < 4.78 is 28.9. The molecule has 0 saturated carbocycles. The SMILES string of the molecule is CC(C)(C)c1ccc(C2=C(c3ccc(C(C)(C)C)cc3)c3nc2nc2[nH]c(nc4nc(nc5[nH]c(n3)c(-c3ccc(C(C)(C)C)cc3)c5-c3ccc(C(C)(C)C)cc3)C3=C4O[C@]4(CCCCO4)[C@@]4(CCCCO4)O3)c(-c3ccc(C(C)(C)C)cc3)c2-c2ccc(C(C)(C)C)cc2)cc1. The Bertz CT molecular complexity index is 4480. The Morgan fingerprint density at radius 3 is 0.724 bits per heavy atom. The fourth-order valence-electron chi connectivity index (χ4n) is 14.3. The maximum atomic E-state index is 7.55. The van der Waals surface area contributed by atoms with Crippen molar-refractivity contribution in [2.45, 2.75) is 207 Å². The van der Waals surface area contributed by atoms with E-state index in [1.54, 1.807) is 0 Å². The number of hydrogen-bond donors (Lipinski definition) is 2. The lowest BCUT2D eigenvalue weighted by molar-refractivity contribution is -0.404. The molecule has 5 aliphatic rings. The highest BCUT2D eigenvalue weighted by Crippen LogP contribution is 2.55. The van der Waals surface area contributed by atoms with Crippen molar-refractivity contribution in [3.05, 3.63) is 213 Å². The highest BCUT2D eigenvalue weighted by atomic mass is 16.8. The molecule has 6 aromatic carbocycles. The smallest absolute Gasteiger partial charge is 0.277 e. The third kappa shape index (κ3) is 12.2. The van der Waals surface area contributed by atoms with Crippen molar-refractivity contribution in [1.29, 1.82) is 0 Å². The molecular formula is C86H96N8O4. The van der Waals surface area contributed by atoms with E-state index in [0.29, 0.717) is 71.8 Å². The number of aromatic nitrogens is 8. The summed E-state index contributed by atoms with van der Waals surface area (Å²) in [5, 5.41) is 0.